The third-order valence-corrected chi connectivity index (χ3v) is 3.27. The van der Waals surface area contributed by atoms with E-state index in [4.69, 9.17) is 11.6 Å². The first kappa shape index (κ1) is 12.7. The van der Waals surface area contributed by atoms with Crippen molar-refractivity contribution in [3.8, 4) is 0 Å². The summed E-state index contributed by atoms with van der Waals surface area (Å²) in [7, 11) is 0. The van der Waals surface area contributed by atoms with Gasteiger partial charge in [0, 0.05) is 24.3 Å². The molecule has 3 aromatic rings. The number of carbonyl (C=O) groups is 1. The number of halogens is 1. The number of amides is 1. The van der Waals surface area contributed by atoms with Crippen LogP contribution in [-0.2, 0) is 6.54 Å². The molecule has 2 heterocycles. The Balaban J connectivity index is 1.79. The highest BCUT2D eigenvalue weighted by molar-refractivity contribution is 6.30. The van der Waals surface area contributed by atoms with Gasteiger partial charge in [0.15, 0.2) is 0 Å². The monoisotopic (exact) mass is 285 g/mol. The van der Waals surface area contributed by atoms with Crippen molar-refractivity contribution in [1.82, 2.24) is 15.3 Å². The van der Waals surface area contributed by atoms with E-state index in [0.717, 1.165) is 16.5 Å². The van der Waals surface area contributed by atoms with Crippen molar-refractivity contribution >= 4 is 28.4 Å². The zero-order valence-electron chi connectivity index (χ0n) is 10.6. The second-order valence-electron chi connectivity index (χ2n) is 4.41. The minimum absolute atomic E-state index is 0.190. The van der Waals surface area contributed by atoms with Crippen LogP contribution in [0.3, 0.4) is 0 Å². The van der Waals surface area contributed by atoms with E-state index >= 15 is 0 Å². The number of hydrogen-bond donors (Lipinski definition) is 2. The molecule has 100 valence electrons. The van der Waals surface area contributed by atoms with E-state index in [1.807, 2.05) is 30.3 Å². The molecule has 0 aliphatic carbocycles. The lowest BCUT2D eigenvalue weighted by atomic mass is 10.1. The number of H-pyrrole nitrogens is 1. The summed E-state index contributed by atoms with van der Waals surface area (Å²) in [5.41, 5.74) is 2.33. The van der Waals surface area contributed by atoms with Gasteiger partial charge in [0.25, 0.3) is 5.91 Å². The first-order chi connectivity index (χ1) is 9.74. The van der Waals surface area contributed by atoms with Gasteiger partial charge in [0.1, 0.15) is 5.69 Å². The molecule has 20 heavy (non-hydrogen) atoms. The standard InChI is InChI=1S/C15H12ClN3O/c16-12-7-13(18-9-12)15(20)19-8-11-4-1-3-10-5-2-6-17-14(10)11/h1-7,9,18H,8H2,(H,19,20). The predicted octanol–water partition coefficient (Wildman–Crippen LogP) is 3.15. The van der Waals surface area contributed by atoms with E-state index in [0.29, 0.717) is 17.3 Å². The van der Waals surface area contributed by atoms with Crippen molar-refractivity contribution in [2.45, 2.75) is 6.54 Å². The maximum absolute atomic E-state index is 11.9. The van der Waals surface area contributed by atoms with E-state index in [-0.39, 0.29) is 5.91 Å². The second kappa shape index (κ2) is 5.35. The summed E-state index contributed by atoms with van der Waals surface area (Å²) >= 11 is 5.78. The summed E-state index contributed by atoms with van der Waals surface area (Å²) < 4.78 is 0. The normalized spacial score (nSPS) is 10.7. The van der Waals surface area contributed by atoms with Crippen LogP contribution in [0, 0.1) is 0 Å². The Hall–Kier alpha value is -2.33. The van der Waals surface area contributed by atoms with E-state index < -0.39 is 0 Å². The van der Waals surface area contributed by atoms with Crippen LogP contribution in [0.2, 0.25) is 5.02 Å². The molecule has 4 nitrogen and oxygen atoms in total. The molecule has 0 saturated carbocycles. The van der Waals surface area contributed by atoms with Gasteiger partial charge >= 0.3 is 0 Å². The summed E-state index contributed by atoms with van der Waals surface area (Å²) in [6.45, 7) is 0.420. The van der Waals surface area contributed by atoms with Gasteiger partial charge < -0.3 is 10.3 Å². The molecule has 1 aromatic carbocycles. The molecular formula is C15H12ClN3O. The van der Waals surface area contributed by atoms with Crippen molar-refractivity contribution < 1.29 is 4.79 Å². The van der Waals surface area contributed by atoms with Crippen molar-refractivity contribution in [1.29, 1.82) is 0 Å². The van der Waals surface area contributed by atoms with E-state index in [2.05, 4.69) is 15.3 Å². The lowest BCUT2D eigenvalue weighted by molar-refractivity contribution is 0.0946. The number of benzene rings is 1. The number of hydrogen-bond acceptors (Lipinski definition) is 2. The van der Waals surface area contributed by atoms with Gasteiger partial charge in [-0.1, -0.05) is 35.9 Å². The molecular weight excluding hydrogens is 274 g/mol. The van der Waals surface area contributed by atoms with Crippen molar-refractivity contribution in [2.75, 3.05) is 0 Å². The van der Waals surface area contributed by atoms with Gasteiger partial charge in [-0.3, -0.25) is 9.78 Å². The highest BCUT2D eigenvalue weighted by Crippen LogP contribution is 2.16. The quantitative estimate of drug-likeness (QED) is 0.777. The third kappa shape index (κ3) is 2.51. The fraction of sp³-hybridized carbons (Fsp3) is 0.0667. The van der Waals surface area contributed by atoms with Gasteiger partial charge in [-0.2, -0.15) is 0 Å². The number of nitrogens with zero attached hydrogens (tertiary/aromatic N) is 1. The van der Waals surface area contributed by atoms with Crippen LogP contribution >= 0.6 is 11.6 Å². The summed E-state index contributed by atoms with van der Waals surface area (Å²) in [6, 6.07) is 11.4. The molecule has 5 heteroatoms. The number of aromatic nitrogens is 2. The lowest BCUT2D eigenvalue weighted by Crippen LogP contribution is -2.23. The molecule has 0 unspecified atom stereocenters. The first-order valence-corrected chi connectivity index (χ1v) is 6.56. The molecule has 2 N–H and O–H groups in total. The number of pyridine rings is 1. The Bertz CT molecular complexity index is 761. The Labute approximate surface area is 120 Å². The highest BCUT2D eigenvalue weighted by Gasteiger charge is 2.08. The number of aromatic amines is 1. The van der Waals surface area contributed by atoms with Crippen LogP contribution in [0.4, 0.5) is 0 Å². The van der Waals surface area contributed by atoms with Crippen LogP contribution in [0.5, 0.6) is 0 Å². The molecule has 0 atom stereocenters. The minimum atomic E-state index is -0.190. The van der Waals surface area contributed by atoms with Gasteiger partial charge in [-0.15, -0.1) is 0 Å². The second-order valence-corrected chi connectivity index (χ2v) is 4.84. The fourth-order valence-corrected chi connectivity index (χ4v) is 2.24. The van der Waals surface area contributed by atoms with Crippen LogP contribution in [0.15, 0.2) is 48.8 Å². The molecule has 0 bridgehead atoms. The molecule has 0 fully saturated rings. The van der Waals surface area contributed by atoms with Crippen molar-refractivity contribution in [3.63, 3.8) is 0 Å². The Kier molecular flexibility index (Phi) is 3.39. The summed E-state index contributed by atoms with van der Waals surface area (Å²) in [4.78, 5) is 19.1. The first-order valence-electron chi connectivity index (χ1n) is 6.19. The zero-order chi connectivity index (χ0) is 13.9. The number of rotatable bonds is 3. The van der Waals surface area contributed by atoms with E-state index in [9.17, 15) is 4.79 Å². The molecule has 3 rings (SSSR count). The van der Waals surface area contributed by atoms with Crippen LogP contribution in [0.25, 0.3) is 10.9 Å². The predicted molar refractivity (Wildman–Crippen MR) is 78.7 cm³/mol. The summed E-state index contributed by atoms with van der Waals surface area (Å²) in [6.07, 6.45) is 3.33. The van der Waals surface area contributed by atoms with Crippen LogP contribution < -0.4 is 5.32 Å². The smallest absolute Gasteiger partial charge is 0.268 e. The third-order valence-electron chi connectivity index (χ3n) is 3.05. The summed E-state index contributed by atoms with van der Waals surface area (Å²) in [5.74, 6) is -0.190. The lowest BCUT2D eigenvalue weighted by Gasteiger charge is -2.07. The van der Waals surface area contributed by atoms with E-state index in [1.54, 1.807) is 18.5 Å². The molecule has 2 aromatic heterocycles. The highest BCUT2D eigenvalue weighted by atomic mass is 35.5. The Morgan fingerprint density at radius 2 is 2.15 bits per heavy atom. The van der Waals surface area contributed by atoms with E-state index in [1.165, 1.54) is 0 Å². The zero-order valence-corrected chi connectivity index (χ0v) is 11.3. The summed E-state index contributed by atoms with van der Waals surface area (Å²) in [5, 5.41) is 4.43. The largest absolute Gasteiger partial charge is 0.356 e. The number of carbonyl (C=O) groups excluding carboxylic acids is 1. The van der Waals surface area contributed by atoms with Crippen LogP contribution in [-0.4, -0.2) is 15.9 Å². The van der Waals surface area contributed by atoms with Gasteiger partial charge in [0.2, 0.25) is 0 Å². The SMILES string of the molecule is O=C(NCc1cccc2cccnc12)c1cc(Cl)c[nH]1. The maximum atomic E-state index is 11.9. The Morgan fingerprint density at radius 1 is 1.30 bits per heavy atom. The average molecular weight is 286 g/mol. The number of nitrogens with one attached hydrogen (secondary N) is 2. The molecule has 0 aliphatic heterocycles. The van der Waals surface area contributed by atoms with Crippen molar-refractivity contribution in [3.05, 3.63) is 65.1 Å². The van der Waals surface area contributed by atoms with Crippen LogP contribution in [0.1, 0.15) is 16.1 Å². The maximum Gasteiger partial charge on any atom is 0.268 e. The molecule has 0 saturated heterocycles. The minimum Gasteiger partial charge on any atom is -0.356 e. The fourth-order valence-electron chi connectivity index (χ4n) is 2.08. The van der Waals surface area contributed by atoms with Gasteiger partial charge in [-0.25, -0.2) is 0 Å². The Morgan fingerprint density at radius 3 is 2.95 bits per heavy atom. The van der Waals surface area contributed by atoms with Gasteiger partial charge in [-0.05, 0) is 17.7 Å². The molecule has 0 aliphatic rings. The number of para-hydroxylation sites is 1. The van der Waals surface area contributed by atoms with Gasteiger partial charge in [0.05, 0.1) is 10.5 Å². The number of fused-ring (bicyclic) bond motifs is 1. The molecule has 1 amide bonds. The molecule has 0 radical (unpaired) electrons. The van der Waals surface area contributed by atoms with Crippen molar-refractivity contribution in [2.24, 2.45) is 0 Å². The molecule has 0 spiro atoms. The topological polar surface area (TPSA) is 57.8 Å². The average Bonchev–Trinajstić information content (AvgIpc) is 2.91.